The molecule has 0 atom stereocenters. The van der Waals surface area contributed by atoms with Crippen LogP contribution in [-0.2, 0) is 14.8 Å². The van der Waals surface area contributed by atoms with E-state index in [-0.39, 0.29) is 4.90 Å². The van der Waals surface area contributed by atoms with Crippen molar-refractivity contribution in [1.82, 2.24) is 24.2 Å². The lowest BCUT2D eigenvalue weighted by atomic mass is 10.0. The highest BCUT2D eigenvalue weighted by Gasteiger charge is 2.32. The van der Waals surface area contributed by atoms with Gasteiger partial charge in [-0.15, -0.1) is 0 Å². The summed E-state index contributed by atoms with van der Waals surface area (Å²) in [5.74, 6) is 1.32. The maximum absolute atomic E-state index is 13.5. The van der Waals surface area contributed by atoms with Crippen molar-refractivity contribution in [1.29, 1.82) is 0 Å². The lowest BCUT2D eigenvalue weighted by Gasteiger charge is -2.39. The molecule has 0 radical (unpaired) electrons. The number of morpholine rings is 1. The van der Waals surface area contributed by atoms with E-state index in [0.717, 1.165) is 57.5 Å². The summed E-state index contributed by atoms with van der Waals surface area (Å²) >= 11 is 6.33. The fourth-order valence-corrected chi connectivity index (χ4v) is 6.74. The smallest absolute Gasteiger partial charge is 0.243 e. The highest BCUT2D eigenvalue weighted by Crippen LogP contribution is 2.34. The minimum Gasteiger partial charge on any atom is -0.495 e. The Morgan fingerprint density at radius 3 is 2.66 bits per heavy atom. The van der Waals surface area contributed by atoms with E-state index in [9.17, 15) is 8.42 Å². The van der Waals surface area contributed by atoms with Gasteiger partial charge in [0.2, 0.25) is 16.0 Å². The van der Waals surface area contributed by atoms with Crippen molar-refractivity contribution in [2.24, 2.45) is 0 Å². The van der Waals surface area contributed by atoms with Crippen LogP contribution in [0.5, 0.6) is 5.75 Å². The fourth-order valence-electron chi connectivity index (χ4n) is 5.02. The molecule has 0 bridgehead atoms. The summed E-state index contributed by atoms with van der Waals surface area (Å²) in [6.45, 7) is 7.08. The van der Waals surface area contributed by atoms with Crippen molar-refractivity contribution in [3.8, 4) is 5.75 Å². The number of anilines is 3. The monoisotopic (exact) mass is 563 g/mol. The van der Waals surface area contributed by atoms with Gasteiger partial charge in [0.15, 0.2) is 0 Å². The van der Waals surface area contributed by atoms with Crippen LogP contribution in [0.4, 0.5) is 17.5 Å². The van der Waals surface area contributed by atoms with Gasteiger partial charge in [-0.2, -0.15) is 14.3 Å². The number of nitrogens with one attached hydrogen (secondary N) is 3. The molecule has 5 rings (SSSR count). The summed E-state index contributed by atoms with van der Waals surface area (Å²) in [6, 6.07) is 5.22. The molecule has 1 aromatic carbocycles. The van der Waals surface area contributed by atoms with E-state index in [1.807, 2.05) is 0 Å². The number of hydrogen-bond donors (Lipinski definition) is 3. The van der Waals surface area contributed by atoms with Gasteiger partial charge in [-0.3, -0.25) is 4.90 Å². The molecule has 0 unspecified atom stereocenters. The average molecular weight is 564 g/mol. The molecule has 2 aliphatic heterocycles. The number of methoxy groups -OCH3 is 1. The summed E-state index contributed by atoms with van der Waals surface area (Å²) in [5, 5.41) is 7.71. The van der Waals surface area contributed by atoms with Crippen LogP contribution >= 0.6 is 11.6 Å². The maximum atomic E-state index is 13.5. The Kier molecular flexibility index (Phi) is 8.24. The number of aromatic nitrogens is 3. The molecule has 0 spiro atoms. The first-order chi connectivity index (χ1) is 18.4. The van der Waals surface area contributed by atoms with E-state index in [4.69, 9.17) is 21.1 Å². The molecule has 2 saturated heterocycles. The van der Waals surface area contributed by atoms with Crippen molar-refractivity contribution >= 4 is 50.1 Å². The van der Waals surface area contributed by atoms with Crippen LogP contribution in [0.15, 0.2) is 29.3 Å². The molecule has 11 nitrogen and oxygen atoms in total. The Morgan fingerprint density at radius 2 is 1.95 bits per heavy atom. The number of sulfonamides is 1. The van der Waals surface area contributed by atoms with Crippen molar-refractivity contribution in [3.63, 3.8) is 0 Å². The molecular weight excluding hydrogens is 530 g/mol. The predicted molar refractivity (Wildman–Crippen MR) is 148 cm³/mol. The summed E-state index contributed by atoms with van der Waals surface area (Å²) < 4.78 is 39.5. The van der Waals surface area contributed by atoms with Gasteiger partial charge in [0.25, 0.3) is 0 Å². The molecular formula is C25H34ClN7O4S. The van der Waals surface area contributed by atoms with Gasteiger partial charge in [-0.05, 0) is 31.4 Å². The second-order valence-electron chi connectivity index (χ2n) is 9.45. The van der Waals surface area contributed by atoms with Crippen molar-refractivity contribution in [2.45, 2.75) is 37.1 Å². The van der Waals surface area contributed by atoms with Gasteiger partial charge in [0.1, 0.15) is 17.2 Å². The molecule has 2 aliphatic rings. The number of ether oxygens (including phenoxy) is 2. The molecule has 2 fully saturated rings. The topological polar surface area (TPSA) is 125 Å². The highest BCUT2D eigenvalue weighted by molar-refractivity contribution is 7.89. The third-order valence-corrected chi connectivity index (χ3v) is 9.26. The zero-order chi connectivity index (χ0) is 26.7. The molecule has 13 heteroatoms. The molecule has 206 valence electrons. The van der Waals surface area contributed by atoms with E-state index >= 15 is 0 Å². The first-order valence-corrected chi connectivity index (χ1v) is 14.8. The quantitative estimate of drug-likeness (QED) is 0.357. The Bertz CT molecular complexity index is 1370. The Balaban J connectivity index is 1.33. The van der Waals surface area contributed by atoms with Gasteiger partial charge in [0, 0.05) is 51.0 Å². The zero-order valence-corrected chi connectivity index (χ0v) is 23.2. The number of fused-ring (bicyclic) bond motifs is 1. The summed E-state index contributed by atoms with van der Waals surface area (Å²) in [5.41, 5.74) is 1.14. The Labute approximate surface area is 227 Å². The van der Waals surface area contributed by atoms with Gasteiger partial charge in [0.05, 0.1) is 41.3 Å². The van der Waals surface area contributed by atoms with Crippen molar-refractivity contribution in [2.75, 3.05) is 63.7 Å². The van der Waals surface area contributed by atoms with E-state index in [2.05, 4.69) is 37.4 Å². The number of halogens is 1. The summed E-state index contributed by atoms with van der Waals surface area (Å²) in [7, 11) is -2.15. The van der Waals surface area contributed by atoms with Crippen molar-refractivity contribution in [3.05, 3.63) is 29.4 Å². The lowest BCUT2D eigenvalue weighted by molar-refractivity contribution is 0.00610. The number of piperidine rings is 1. The van der Waals surface area contributed by atoms with Crippen LogP contribution in [0.1, 0.15) is 26.2 Å². The minimum atomic E-state index is -3.66. The second kappa shape index (κ2) is 11.6. The molecule has 3 aromatic rings. The number of H-pyrrole nitrogens is 1. The van der Waals surface area contributed by atoms with Gasteiger partial charge in [-0.1, -0.05) is 18.5 Å². The first-order valence-electron chi connectivity index (χ1n) is 13.0. The van der Waals surface area contributed by atoms with Crippen molar-refractivity contribution < 1.29 is 17.9 Å². The molecule has 38 heavy (non-hydrogen) atoms. The van der Waals surface area contributed by atoms with Crippen LogP contribution in [0.2, 0.25) is 5.02 Å². The van der Waals surface area contributed by atoms with Gasteiger partial charge in [-0.25, -0.2) is 8.42 Å². The van der Waals surface area contributed by atoms with Gasteiger partial charge < -0.3 is 25.1 Å². The SMILES string of the molecule is CCCNc1nc(Nc2ccc(S(=O)(=O)N3CCC(N4CCOCC4)CC3)cc2OC)nc2[nH]cc(Cl)c12. The maximum Gasteiger partial charge on any atom is 0.243 e. The van der Waals surface area contributed by atoms with Gasteiger partial charge >= 0.3 is 0 Å². The highest BCUT2D eigenvalue weighted by atomic mass is 35.5. The molecule has 3 N–H and O–H groups in total. The van der Waals surface area contributed by atoms with E-state index in [0.29, 0.717) is 53.0 Å². The molecule has 0 aliphatic carbocycles. The molecule has 0 saturated carbocycles. The third kappa shape index (κ3) is 5.55. The largest absolute Gasteiger partial charge is 0.495 e. The van der Waals surface area contributed by atoms with Crippen LogP contribution < -0.4 is 15.4 Å². The normalized spacial score (nSPS) is 18.1. The molecule has 4 heterocycles. The average Bonchev–Trinajstić information content (AvgIpc) is 3.32. The Hall–Kier alpha value is -2.64. The molecule has 0 amide bonds. The lowest BCUT2D eigenvalue weighted by Crippen LogP contribution is -2.50. The standard InChI is InChI=1S/C25H34ClN7O4S/c1-3-8-27-23-22-19(26)16-28-24(22)31-25(30-23)29-20-5-4-18(15-21(20)36-2)38(34,35)33-9-6-17(7-10-33)32-11-13-37-14-12-32/h4-5,15-17H,3,6-14H2,1-2H3,(H3,27,28,29,30,31). The summed E-state index contributed by atoms with van der Waals surface area (Å²) in [6.07, 6.45) is 4.22. The second-order valence-corrected chi connectivity index (χ2v) is 11.8. The number of hydrogen-bond acceptors (Lipinski definition) is 9. The number of benzene rings is 1. The number of aromatic amines is 1. The minimum absolute atomic E-state index is 0.197. The van der Waals surface area contributed by atoms with E-state index < -0.39 is 10.0 Å². The van der Waals surface area contributed by atoms with Crippen LogP contribution in [0, 0.1) is 0 Å². The van der Waals surface area contributed by atoms with Crippen LogP contribution in [0.25, 0.3) is 11.0 Å². The van der Waals surface area contributed by atoms with Crippen LogP contribution in [0.3, 0.4) is 0 Å². The third-order valence-electron chi connectivity index (χ3n) is 7.07. The van der Waals surface area contributed by atoms with E-state index in [1.54, 1.807) is 28.7 Å². The Morgan fingerprint density at radius 1 is 1.18 bits per heavy atom. The predicted octanol–water partition coefficient (Wildman–Crippen LogP) is 3.67. The number of rotatable bonds is 9. The molecule has 2 aromatic heterocycles. The number of nitrogens with zero attached hydrogens (tertiary/aromatic N) is 4. The first kappa shape index (κ1) is 26.9. The summed E-state index contributed by atoms with van der Waals surface area (Å²) in [4.78, 5) is 14.8. The fraction of sp³-hybridized carbons (Fsp3) is 0.520. The van der Waals surface area contributed by atoms with E-state index in [1.165, 1.54) is 7.11 Å². The van der Waals surface area contributed by atoms with Crippen LogP contribution in [-0.4, -0.2) is 91.7 Å². The zero-order valence-electron chi connectivity index (χ0n) is 21.7.